The maximum atomic E-state index is 14.8. The molecule has 1 unspecified atom stereocenters. The van der Waals surface area contributed by atoms with E-state index in [0.717, 1.165) is 10.8 Å². The molecule has 0 fully saturated rings. The highest BCUT2D eigenvalue weighted by Gasteiger charge is 2.51. The van der Waals surface area contributed by atoms with Crippen LogP contribution in [0, 0.1) is 11.3 Å². The SMILES string of the molecule is CCC(C)C(C(=O)Nc1cccc2cccnc12)(C(=O)Nc1cccc2cccnc12)c1ccc(NC(=O)CC(C)(C)CCC(=O)NO)cc1. The number of fused-ring (bicyclic) bond motifs is 2. The van der Waals surface area contributed by atoms with Gasteiger partial charge >= 0.3 is 0 Å². The van der Waals surface area contributed by atoms with Gasteiger partial charge in [-0.3, -0.25) is 34.4 Å². The number of nitrogens with zero attached hydrogens (tertiary/aromatic N) is 2. The topological polar surface area (TPSA) is 162 Å². The first-order valence-electron chi connectivity index (χ1n) is 16.6. The normalized spacial score (nSPS) is 12.3. The van der Waals surface area contributed by atoms with Crippen molar-refractivity contribution in [2.45, 2.75) is 58.8 Å². The van der Waals surface area contributed by atoms with Crippen LogP contribution in [-0.2, 0) is 24.6 Å². The van der Waals surface area contributed by atoms with Gasteiger partial charge in [0.1, 0.15) is 0 Å². The van der Waals surface area contributed by atoms with E-state index >= 15 is 0 Å². The highest BCUT2D eigenvalue weighted by Crippen LogP contribution is 2.39. The molecule has 0 saturated carbocycles. The van der Waals surface area contributed by atoms with Crippen LogP contribution in [0.3, 0.4) is 0 Å². The number of rotatable bonds is 13. The van der Waals surface area contributed by atoms with Crippen molar-refractivity contribution in [3.8, 4) is 0 Å². The van der Waals surface area contributed by atoms with Gasteiger partial charge in [-0.2, -0.15) is 0 Å². The number of pyridine rings is 2. The fourth-order valence-corrected chi connectivity index (χ4v) is 6.31. The van der Waals surface area contributed by atoms with E-state index in [1.165, 1.54) is 0 Å². The number of nitrogens with one attached hydrogen (secondary N) is 4. The van der Waals surface area contributed by atoms with E-state index in [9.17, 15) is 19.2 Å². The highest BCUT2D eigenvalue weighted by molar-refractivity contribution is 6.21. The van der Waals surface area contributed by atoms with Crippen molar-refractivity contribution in [1.82, 2.24) is 15.4 Å². The molecule has 5 aromatic rings. The third-order valence-corrected chi connectivity index (χ3v) is 9.25. The lowest BCUT2D eigenvalue weighted by Gasteiger charge is -2.37. The second-order valence-corrected chi connectivity index (χ2v) is 13.3. The molecule has 258 valence electrons. The van der Waals surface area contributed by atoms with E-state index in [1.807, 2.05) is 76.2 Å². The van der Waals surface area contributed by atoms with Crippen molar-refractivity contribution in [3.63, 3.8) is 0 Å². The standard InChI is InChI=1S/C39H42N6O5/c1-5-25(2)39(36(48)43-30-14-6-10-26-12-8-22-40-34(26)30,37(49)44-31-15-7-11-27-13-9-23-41-35(27)31)28-16-18-29(19-17-28)42-33(47)24-38(3,4)21-20-32(46)45-50/h6-19,22-23,25,50H,5,20-21,24H2,1-4H3,(H,42,47)(H,43,48)(H,44,49)(H,45,46). The summed E-state index contributed by atoms with van der Waals surface area (Å²) in [5, 5.41) is 19.5. The van der Waals surface area contributed by atoms with E-state index in [-0.39, 0.29) is 18.7 Å². The summed E-state index contributed by atoms with van der Waals surface area (Å²) < 4.78 is 0. The number of para-hydroxylation sites is 2. The molecule has 5 rings (SSSR count). The van der Waals surface area contributed by atoms with E-state index in [1.54, 1.807) is 54.3 Å². The molecule has 0 spiro atoms. The summed E-state index contributed by atoms with van der Waals surface area (Å²) in [6, 6.07) is 25.2. The Morgan fingerprint density at radius 2 is 1.24 bits per heavy atom. The lowest BCUT2D eigenvalue weighted by molar-refractivity contribution is -0.134. The van der Waals surface area contributed by atoms with Crippen LogP contribution < -0.4 is 21.4 Å². The molecule has 11 nitrogen and oxygen atoms in total. The van der Waals surface area contributed by atoms with Crippen molar-refractivity contribution in [2.24, 2.45) is 11.3 Å². The molecule has 4 amide bonds. The Hall–Kier alpha value is -5.68. The van der Waals surface area contributed by atoms with Crippen LogP contribution in [0.2, 0.25) is 0 Å². The van der Waals surface area contributed by atoms with Crippen LogP contribution in [0.5, 0.6) is 0 Å². The first kappa shape index (κ1) is 35.6. The van der Waals surface area contributed by atoms with Crippen LogP contribution >= 0.6 is 0 Å². The van der Waals surface area contributed by atoms with Crippen LogP contribution in [0.4, 0.5) is 17.1 Å². The summed E-state index contributed by atoms with van der Waals surface area (Å²) in [6.07, 6.45) is 4.40. The Bertz CT molecular complexity index is 1920. The fraction of sp³-hybridized carbons (Fsp3) is 0.282. The van der Waals surface area contributed by atoms with Crippen LogP contribution in [0.15, 0.2) is 97.3 Å². The Kier molecular flexibility index (Phi) is 10.9. The minimum Gasteiger partial charge on any atom is -0.326 e. The minimum atomic E-state index is -1.72. The molecular weight excluding hydrogens is 632 g/mol. The van der Waals surface area contributed by atoms with Gasteiger partial charge in [-0.25, -0.2) is 5.48 Å². The molecule has 50 heavy (non-hydrogen) atoms. The average molecular weight is 675 g/mol. The number of carbonyl (C=O) groups excluding carboxylic acids is 4. The summed E-state index contributed by atoms with van der Waals surface area (Å²) in [4.78, 5) is 63.1. The molecular formula is C39H42N6O5. The van der Waals surface area contributed by atoms with Gasteiger partial charge in [0.05, 0.1) is 22.4 Å². The van der Waals surface area contributed by atoms with Gasteiger partial charge in [-0.05, 0) is 59.7 Å². The van der Waals surface area contributed by atoms with Crippen molar-refractivity contribution in [1.29, 1.82) is 0 Å². The number of carbonyl (C=O) groups is 4. The average Bonchev–Trinajstić information content (AvgIpc) is 3.11. The van der Waals surface area contributed by atoms with Gasteiger partial charge in [0.2, 0.25) is 23.6 Å². The summed E-state index contributed by atoms with van der Waals surface area (Å²) >= 11 is 0. The maximum Gasteiger partial charge on any atom is 0.244 e. The predicted molar refractivity (Wildman–Crippen MR) is 195 cm³/mol. The largest absolute Gasteiger partial charge is 0.326 e. The van der Waals surface area contributed by atoms with Gasteiger partial charge in [0.25, 0.3) is 0 Å². The molecule has 0 bridgehead atoms. The van der Waals surface area contributed by atoms with E-state index in [2.05, 4.69) is 25.9 Å². The third-order valence-electron chi connectivity index (χ3n) is 9.25. The Balaban J connectivity index is 1.52. The second kappa shape index (κ2) is 15.3. The molecule has 1 atom stereocenters. The van der Waals surface area contributed by atoms with Crippen LogP contribution in [0.25, 0.3) is 21.8 Å². The number of benzene rings is 3. The van der Waals surface area contributed by atoms with E-state index in [4.69, 9.17) is 5.21 Å². The molecule has 0 aliphatic carbocycles. The number of anilines is 3. The molecule has 0 radical (unpaired) electrons. The van der Waals surface area contributed by atoms with E-state index in [0.29, 0.717) is 46.5 Å². The lowest BCUT2D eigenvalue weighted by atomic mass is 9.68. The predicted octanol–water partition coefficient (Wildman–Crippen LogP) is 6.98. The van der Waals surface area contributed by atoms with Crippen LogP contribution in [-0.4, -0.2) is 38.8 Å². The second-order valence-electron chi connectivity index (χ2n) is 13.3. The van der Waals surface area contributed by atoms with Crippen LogP contribution in [0.1, 0.15) is 58.9 Å². The maximum absolute atomic E-state index is 14.8. The van der Waals surface area contributed by atoms with Crippen molar-refractivity contribution in [3.05, 3.63) is 103 Å². The minimum absolute atomic E-state index is 0.0803. The van der Waals surface area contributed by atoms with Crippen molar-refractivity contribution < 1.29 is 24.4 Å². The summed E-state index contributed by atoms with van der Waals surface area (Å²) in [5.74, 6) is -2.31. The van der Waals surface area contributed by atoms with Crippen molar-refractivity contribution >= 4 is 62.5 Å². The highest BCUT2D eigenvalue weighted by atomic mass is 16.5. The summed E-state index contributed by atoms with van der Waals surface area (Å²) in [5.41, 5.74) is 2.45. The molecule has 5 N–H and O–H groups in total. The molecule has 11 heteroatoms. The monoisotopic (exact) mass is 674 g/mol. The Morgan fingerprint density at radius 1 is 0.720 bits per heavy atom. The smallest absolute Gasteiger partial charge is 0.244 e. The van der Waals surface area contributed by atoms with Gasteiger partial charge in [-0.15, -0.1) is 0 Å². The summed E-state index contributed by atoms with van der Waals surface area (Å²) in [6.45, 7) is 7.54. The lowest BCUT2D eigenvalue weighted by Crippen LogP contribution is -2.54. The number of hydrogen-bond donors (Lipinski definition) is 5. The molecule has 0 aliphatic heterocycles. The molecule has 3 aromatic carbocycles. The zero-order valence-corrected chi connectivity index (χ0v) is 28.6. The number of amides is 4. The molecule has 0 saturated heterocycles. The first-order chi connectivity index (χ1) is 24.0. The Morgan fingerprint density at radius 3 is 1.74 bits per heavy atom. The van der Waals surface area contributed by atoms with Gasteiger partial charge < -0.3 is 16.0 Å². The van der Waals surface area contributed by atoms with Gasteiger partial charge in [0, 0.05) is 41.7 Å². The zero-order valence-electron chi connectivity index (χ0n) is 28.6. The van der Waals surface area contributed by atoms with Crippen molar-refractivity contribution in [2.75, 3.05) is 16.0 Å². The molecule has 2 heterocycles. The quantitative estimate of drug-likeness (QED) is 0.0511. The molecule has 0 aliphatic rings. The number of aromatic nitrogens is 2. The zero-order chi connectivity index (χ0) is 35.9. The fourth-order valence-electron chi connectivity index (χ4n) is 6.31. The van der Waals surface area contributed by atoms with Gasteiger partial charge in [-0.1, -0.05) is 82.6 Å². The van der Waals surface area contributed by atoms with E-state index < -0.39 is 34.5 Å². The first-order valence-corrected chi connectivity index (χ1v) is 16.6. The van der Waals surface area contributed by atoms with Gasteiger partial charge in [0.15, 0.2) is 5.41 Å². The molecule has 2 aromatic heterocycles. The third kappa shape index (κ3) is 7.63. The number of hydrogen-bond acceptors (Lipinski definition) is 7. The number of hydroxylamine groups is 1. The Labute approximate surface area is 290 Å². The summed E-state index contributed by atoms with van der Waals surface area (Å²) in [7, 11) is 0.